The molecule has 1 aromatic carbocycles. The Hall–Kier alpha value is -2.28. The zero-order chi connectivity index (χ0) is 21.1. The van der Waals surface area contributed by atoms with Crippen LogP contribution in [-0.2, 0) is 4.79 Å². The zero-order valence-electron chi connectivity index (χ0n) is 18.2. The topological polar surface area (TPSA) is 65.1 Å². The van der Waals surface area contributed by atoms with E-state index >= 15 is 0 Å². The van der Waals surface area contributed by atoms with E-state index in [0.717, 1.165) is 18.0 Å². The predicted octanol–water partition coefficient (Wildman–Crippen LogP) is 1.68. The lowest BCUT2D eigenvalue weighted by atomic mass is 9.93. The fourth-order valence-corrected chi connectivity index (χ4v) is 3.53. The van der Waals surface area contributed by atoms with Crippen molar-refractivity contribution < 1.29 is 14.3 Å². The largest absolute Gasteiger partial charge is 0.489 e. The quantitative estimate of drug-likeness (QED) is 0.767. The number of rotatable bonds is 7. The van der Waals surface area contributed by atoms with E-state index in [9.17, 15) is 9.59 Å². The number of ether oxygens (including phenoxy) is 1. The van der Waals surface area contributed by atoms with Crippen molar-refractivity contribution in [2.24, 2.45) is 5.41 Å². The number of hydrogen-bond donors (Lipinski definition) is 1. The molecule has 1 aromatic rings. The molecule has 0 spiro atoms. The third-order valence-corrected chi connectivity index (χ3v) is 4.90. The molecule has 1 N–H and O–H groups in total. The van der Waals surface area contributed by atoms with E-state index in [0.29, 0.717) is 25.1 Å². The van der Waals surface area contributed by atoms with Gasteiger partial charge in [-0.15, -0.1) is 0 Å². The molecule has 156 valence electrons. The maximum Gasteiger partial charge on any atom is 0.253 e. The third-order valence-electron chi connectivity index (χ3n) is 4.90. The number of benzene rings is 1. The van der Waals surface area contributed by atoms with Crippen molar-refractivity contribution in [2.45, 2.75) is 26.3 Å². The maximum absolute atomic E-state index is 12.5. The van der Waals surface area contributed by atoms with Gasteiger partial charge in [0.25, 0.3) is 5.91 Å². The van der Waals surface area contributed by atoms with Gasteiger partial charge in [-0.3, -0.25) is 9.59 Å². The van der Waals surface area contributed by atoms with Gasteiger partial charge in [-0.2, -0.15) is 0 Å². The molecule has 1 unspecified atom stereocenters. The van der Waals surface area contributed by atoms with Crippen molar-refractivity contribution in [3.8, 4) is 5.75 Å². The Morgan fingerprint density at radius 2 is 1.93 bits per heavy atom. The van der Waals surface area contributed by atoms with Gasteiger partial charge in [-0.05, 0) is 37.7 Å². The van der Waals surface area contributed by atoms with Gasteiger partial charge in [0.1, 0.15) is 12.4 Å². The van der Waals surface area contributed by atoms with Crippen LogP contribution in [0.2, 0.25) is 0 Å². The first kappa shape index (κ1) is 22.0. The van der Waals surface area contributed by atoms with Gasteiger partial charge < -0.3 is 24.8 Å². The van der Waals surface area contributed by atoms with Crippen LogP contribution in [0, 0.1) is 5.41 Å². The second kappa shape index (κ2) is 8.82. The van der Waals surface area contributed by atoms with Crippen molar-refractivity contribution >= 4 is 17.5 Å². The summed E-state index contributed by atoms with van der Waals surface area (Å²) < 4.78 is 5.85. The SMILES string of the molecule is CN(C)CC(C)(C)CNC(=O)CC1COc2ccc(C(=O)N(C)C)cc2N1C. The second-order valence-corrected chi connectivity index (χ2v) is 8.84. The average Bonchev–Trinajstić information content (AvgIpc) is 2.60. The van der Waals surface area contributed by atoms with Crippen LogP contribution in [0.4, 0.5) is 5.69 Å². The summed E-state index contributed by atoms with van der Waals surface area (Å²) in [4.78, 5) is 30.5. The van der Waals surface area contributed by atoms with Crippen LogP contribution in [0.1, 0.15) is 30.6 Å². The minimum Gasteiger partial charge on any atom is -0.489 e. The first-order chi connectivity index (χ1) is 13.0. The molecule has 1 heterocycles. The fourth-order valence-electron chi connectivity index (χ4n) is 3.53. The van der Waals surface area contributed by atoms with Gasteiger partial charge >= 0.3 is 0 Å². The number of nitrogens with one attached hydrogen (secondary N) is 1. The number of carbonyl (C=O) groups excluding carboxylic acids is 2. The van der Waals surface area contributed by atoms with E-state index in [4.69, 9.17) is 4.74 Å². The third kappa shape index (κ3) is 5.61. The van der Waals surface area contributed by atoms with Crippen LogP contribution in [0.15, 0.2) is 18.2 Å². The Bertz CT molecular complexity index is 716. The highest BCUT2D eigenvalue weighted by atomic mass is 16.5. The predicted molar refractivity (Wildman–Crippen MR) is 112 cm³/mol. The van der Waals surface area contributed by atoms with Crippen molar-refractivity contribution in [3.05, 3.63) is 23.8 Å². The Morgan fingerprint density at radius 1 is 1.25 bits per heavy atom. The van der Waals surface area contributed by atoms with Gasteiger partial charge in [0.15, 0.2) is 0 Å². The molecule has 0 radical (unpaired) electrons. The molecule has 0 saturated heterocycles. The number of hydrogen-bond acceptors (Lipinski definition) is 5. The van der Waals surface area contributed by atoms with E-state index in [1.165, 1.54) is 0 Å². The summed E-state index contributed by atoms with van der Waals surface area (Å²) in [7, 11) is 9.47. The smallest absolute Gasteiger partial charge is 0.253 e. The summed E-state index contributed by atoms with van der Waals surface area (Å²) >= 11 is 0. The first-order valence-electron chi connectivity index (χ1n) is 9.63. The van der Waals surface area contributed by atoms with Gasteiger partial charge in [0, 0.05) is 39.8 Å². The number of likely N-dealkylation sites (N-methyl/N-ethyl adjacent to an activating group) is 1. The summed E-state index contributed by atoms with van der Waals surface area (Å²) in [6.45, 7) is 6.25. The average molecular weight is 391 g/mol. The molecule has 1 aliphatic heterocycles. The zero-order valence-corrected chi connectivity index (χ0v) is 18.2. The van der Waals surface area contributed by atoms with E-state index in [2.05, 4.69) is 24.1 Å². The Labute approximate surface area is 168 Å². The molecule has 28 heavy (non-hydrogen) atoms. The highest BCUT2D eigenvalue weighted by molar-refractivity contribution is 5.95. The van der Waals surface area contributed by atoms with Crippen molar-refractivity contribution in [1.82, 2.24) is 15.1 Å². The Balaban J connectivity index is 2.01. The van der Waals surface area contributed by atoms with Crippen LogP contribution in [-0.4, -0.2) is 82.6 Å². The van der Waals surface area contributed by atoms with Gasteiger partial charge in [0.05, 0.1) is 18.2 Å². The van der Waals surface area contributed by atoms with Crippen LogP contribution < -0.4 is 15.0 Å². The molecule has 1 aliphatic rings. The molecule has 0 saturated carbocycles. The molecule has 0 fully saturated rings. The number of anilines is 1. The molecule has 0 aromatic heterocycles. The molecule has 1 atom stereocenters. The summed E-state index contributed by atoms with van der Waals surface area (Å²) in [5, 5.41) is 3.06. The Kier molecular flexibility index (Phi) is 6.93. The molecule has 7 heteroatoms. The van der Waals surface area contributed by atoms with E-state index in [1.54, 1.807) is 25.1 Å². The first-order valence-corrected chi connectivity index (χ1v) is 9.63. The maximum atomic E-state index is 12.5. The lowest BCUT2D eigenvalue weighted by molar-refractivity contribution is -0.122. The van der Waals surface area contributed by atoms with Gasteiger partial charge in [0.2, 0.25) is 5.91 Å². The lowest BCUT2D eigenvalue weighted by Crippen LogP contribution is -2.46. The van der Waals surface area contributed by atoms with E-state index in [1.807, 2.05) is 38.2 Å². The number of carbonyl (C=O) groups is 2. The van der Waals surface area contributed by atoms with Gasteiger partial charge in [-0.1, -0.05) is 13.8 Å². The van der Waals surface area contributed by atoms with Crippen LogP contribution in [0.3, 0.4) is 0 Å². The minimum atomic E-state index is -0.0748. The Morgan fingerprint density at radius 3 is 2.54 bits per heavy atom. The second-order valence-electron chi connectivity index (χ2n) is 8.84. The summed E-state index contributed by atoms with van der Waals surface area (Å²) in [5.41, 5.74) is 1.45. The normalized spacial score (nSPS) is 16.4. The fraction of sp³-hybridized carbons (Fsp3) is 0.619. The minimum absolute atomic E-state index is 0.00215. The number of fused-ring (bicyclic) bond motifs is 1. The molecular weight excluding hydrogens is 356 g/mol. The molecule has 2 rings (SSSR count). The van der Waals surface area contributed by atoms with E-state index in [-0.39, 0.29) is 23.3 Å². The van der Waals surface area contributed by atoms with E-state index < -0.39 is 0 Å². The number of amides is 2. The molecule has 0 aliphatic carbocycles. The summed E-state index contributed by atoms with van der Waals surface area (Å²) in [6.07, 6.45) is 0.347. The van der Waals surface area contributed by atoms with Crippen molar-refractivity contribution in [1.29, 1.82) is 0 Å². The van der Waals surface area contributed by atoms with Crippen LogP contribution >= 0.6 is 0 Å². The summed E-state index contributed by atoms with van der Waals surface area (Å²) in [6, 6.07) is 5.36. The highest BCUT2D eigenvalue weighted by Gasteiger charge is 2.28. The molecule has 7 nitrogen and oxygen atoms in total. The molecule has 2 amide bonds. The molecular formula is C21H34N4O3. The number of nitrogens with zero attached hydrogens (tertiary/aromatic N) is 3. The molecule has 0 bridgehead atoms. The lowest BCUT2D eigenvalue weighted by Gasteiger charge is -2.36. The highest BCUT2D eigenvalue weighted by Crippen LogP contribution is 2.34. The van der Waals surface area contributed by atoms with Crippen molar-refractivity contribution in [2.75, 3.05) is 59.8 Å². The summed E-state index contributed by atoms with van der Waals surface area (Å²) in [5.74, 6) is 0.692. The standard InChI is InChI=1S/C21H34N4O3/c1-21(2,14-23(3)4)13-22-19(26)11-16-12-28-18-9-8-15(20(27)24(5)6)10-17(18)25(16)7/h8-10,16H,11-14H2,1-7H3,(H,22,26). The van der Waals surface area contributed by atoms with Crippen molar-refractivity contribution in [3.63, 3.8) is 0 Å². The van der Waals surface area contributed by atoms with Gasteiger partial charge in [-0.25, -0.2) is 0 Å². The monoisotopic (exact) mass is 390 g/mol. The van der Waals surface area contributed by atoms with Crippen LogP contribution in [0.5, 0.6) is 5.75 Å². The van der Waals surface area contributed by atoms with Crippen LogP contribution in [0.25, 0.3) is 0 Å².